The molecule has 1 aliphatic rings. The lowest BCUT2D eigenvalue weighted by Gasteiger charge is -2.32. The number of benzene rings is 3. The first-order valence-corrected chi connectivity index (χ1v) is 8.89. The molecule has 3 aromatic carbocycles. The molecule has 2 unspecified atom stereocenters. The van der Waals surface area contributed by atoms with Crippen molar-refractivity contribution in [3.63, 3.8) is 0 Å². The van der Waals surface area contributed by atoms with Gasteiger partial charge in [0.05, 0.1) is 12.7 Å². The highest BCUT2D eigenvalue weighted by molar-refractivity contribution is 5.88. The van der Waals surface area contributed by atoms with E-state index in [-0.39, 0.29) is 6.10 Å². The molecule has 1 heterocycles. The molecule has 1 fully saturated rings. The zero-order chi connectivity index (χ0) is 17.1. The first-order chi connectivity index (χ1) is 12.3. The van der Waals surface area contributed by atoms with E-state index in [0.717, 1.165) is 35.8 Å². The monoisotopic (exact) mass is 333 g/mol. The highest BCUT2D eigenvalue weighted by Crippen LogP contribution is 2.30. The van der Waals surface area contributed by atoms with Crippen molar-refractivity contribution in [3.8, 4) is 5.75 Å². The van der Waals surface area contributed by atoms with Crippen LogP contribution in [0.2, 0.25) is 0 Å². The van der Waals surface area contributed by atoms with E-state index in [9.17, 15) is 5.11 Å². The Morgan fingerprint density at radius 3 is 2.68 bits per heavy atom. The molecule has 0 bridgehead atoms. The molecule has 0 aromatic heterocycles. The summed E-state index contributed by atoms with van der Waals surface area (Å²) in [6.45, 7) is 2.39. The summed E-state index contributed by atoms with van der Waals surface area (Å²) in [5.74, 6) is 0.731. The van der Waals surface area contributed by atoms with E-state index >= 15 is 0 Å². The maximum Gasteiger partial charge on any atom is 0.123 e. The van der Waals surface area contributed by atoms with Gasteiger partial charge in [0.1, 0.15) is 5.75 Å². The molecule has 1 saturated heterocycles. The average molecular weight is 333 g/mol. The summed E-state index contributed by atoms with van der Waals surface area (Å²) in [6, 6.07) is 22.4. The lowest BCUT2D eigenvalue weighted by Crippen LogP contribution is -2.40. The summed E-state index contributed by atoms with van der Waals surface area (Å²) in [7, 11) is 0. The largest absolute Gasteiger partial charge is 0.507 e. The van der Waals surface area contributed by atoms with Gasteiger partial charge in [-0.3, -0.25) is 0 Å². The minimum absolute atomic E-state index is 0.143. The lowest BCUT2D eigenvalue weighted by atomic mass is 9.88. The van der Waals surface area contributed by atoms with Gasteiger partial charge in [-0.05, 0) is 41.6 Å². The maximum atomic E-state index is 10.3. The molecular formula is C22H23NO2. The van der Waals surface area contributed by atoms with Crippen molar-refractivity contribution >= 4 is 10.8 Å². The van der Waals surface area contributed by atoms with Crippen molar-refractivity contribution in [3.05, 3.63) is 77.9 Å². The maximum absolute atomic E-state index is 10.3. The molecule has 1 aliphatic heterocycles. The molecule has 3 nitrogen and oxygen atoms in total. The number of fused-ring (bicyclic) bond motifs is 1. The number of piperidine rings is 1. The summed E-state index contributed by atoms with van der Waals surface area (Å²) >= 11 is 0. The number of ether oxygens (including phenoxy) is 1. The lowest BCUT2D eigenvalue weighted by molar-refractivity contribution is 0.0106. The van der Waals surface area contributed by atoms with Crippen LogP contribution >= 0.6 is 0 Å². The van der Waals surface area contributed by atoms with E-state index in [2.05, 4.69) is 41.7 Å². The van der Waals surface area contributed by atoms with Crippen LogP contribution in [0.4, 0.5) is 0 Å². The van der Waals surface area contributed by atoms with Crippen LogP contribution in [0.3, 0.4) is 0 Å². The Morgan fingerprint density at radius 2 is 1.80 bits per heavy atom. The Labute approximate surface area is 148 Å². The highest BCUT2D eigenvalue weighted by atomic mass is 16.5. The van der Waals surface area contributed by atoms with Crippen LogP contribution in [0.25, 0.3) is 10.8 Å². The molecule has 4 rings (SSSR count). The number of hydrogen-bond donors (Lipinski definition) is 2. The number of phenols is 1. The molecule has 2 N–H and O–H groups in total. The first kappa shape index (κ1) is 16.1. The van der Waals surface area contributed by atoms with Gasteiger partial charge in [0.15, 0.2) is 0 Å². The predicted molar refractivity (Wildman–Crippen MR) is 101 cm³/mol. The fourth-order valence-electron chi connectivity index (χ4n) is 3.72. The van der Waals surface area contributed by atoms with Crippen LogP contribution < -0.4 is 5.32 Å². The molecule has 2 atom stereocenters. The van der Waals surface area contributed by atoms with Crippen molar-refractivity contribution in [1.29, 1.82) is 0 Å². The average Bonchev–Trinajstić information content (AvgIpc) is 2.67. The third kappa shape index (κ3) is 3.53. The van der Waals surface area contributed by atoms with Crippen LogP contribution in [-0.2, 0) is 11.3 Å². The summed E-state index contributed by atoms with van der Waals surface area (Å²) < 4.78 is 6.27. The molecule has 3 aromatic rings. The molecule has 0 saturated carbocycles. The number of nitrogens with one attached hydrogen (secondary N) is 1. The van der Waals surface area contributed by atoms with Crippen LogP contribution in [0, 0.1) is 0 Å². The standard InChI is InChI=1S/C22H23NO2/c24-21-13-16(12-18-8-4-5-9-19(18)21)15-25-22-14-23-11-10-20(22)17-6-2-1-3-7-17/h1-9,12-13,20,22-24H,10-11,14-15H2. The number of rotatable bonds is 4. The Hall–Kier alpha value is -2.36. The second-order valence-electron chi connectivity index (χ2n) is 6.70. The van der Waals surface area contributed by atoms with Crippen molar-refractivity contribution in [2.45, 2.75) is 25.0 Å². The molecule has 25 heavy (non-hydrogen) atoms. The van der Waals surface area contributed by atoms with Gasteiger partial charge in [-0.1, -0.05) is 54.6 Å². The quantitative estimate of drug-likeness (QED) is 0.751. The van der Waals surface area contributed by atoms with E-state index in [1.807, 2.05) is 30.3 Å². The molecular weight excluding hydrogens is 310 g/mol. The van der Waals surface area contributed by atoms with Crippen LogP contribution in [0.1, 0.15) is 23.5 Å². The minimum atomic E-state index is 0.143. The van der Waals surface area contributed by atoms with E-state index in [1.165, 1.54) is 5.56 Å². The third-order valence-electron chi connectivity index (χ3n) is 5.02. The number of hydrogen-bond acceptors (Lipinski definition) is 3. The fraction of sp³-hybridized carbons (Fsp3) is 0.273. The van der Waals surface area contributed by atoms with Crippen LogP contribution in [0.15, 0.2) is 66.7 Å². The third-order valence-corrected chi connectivity index (χ3v) is 5.02. The number of phenolic OH excluding ortho intramolecular Hbond substituents is 1. The van der Waals surface area contributed by atoms with E-state index < -0.39 is 0 Å². The van der Waals surface area contributed by atoms with Crippen molar-refractivity contribution in [2.24, 2.45) is 0 Å². The Morgan fingerprint density at radius 1 is 1.00 bits per heavy atom. The van der Waals surface area contributed by atoms with Crippen LogP contribution in [-0.4, -0.2) is 24.3 Å². The Balaban J connectivity index is 1.51. The van der Waals surface area contributed by atoms with E-state index in [4.69, 9.17) is 4.74 Å². The van der Waals surface area contributed by atoms with Gasteiger partial charge >= 0.3 is 0 Å². The van der Waals surface area contributed by atoms with Gasteiger partial charge in [0.2, 0.25) is 0 Å². The molecule has 0 amide bonds. The van der Waals surface area contributed by atoms with Gasteiger partial charge in [-0.25, -0.2) is 0 Å². The highest BCUT2D eigenvalue weighted by Gasteiger charge is 2.27. The van der Waals surface area contributed by atoms with Gasteiger partial charge in [0, 0.05) is 17.8 Å². The molecule has 0 spiro atoms. The fourth-order valence-corrected chi connectivity index (χ4v) is 3.72. The normalized spacial score (nSPS) is 20.6. The second kappa shape index (κ2) is 7.26. The number of aromatic hydroxyl groups is 1. The Kier molecular flexibility index (Phi) is 4.68. The zero-order valence-corrected chi connectivity index (χ0v) is 14.2. The van der Waals surface area contributed by atoms with Crippen molar-refractivity contribution in [2.75, 3.05) is 13.1 Å². The molecule has 0 radical (unpaired) electrons. The predicted octanol–water partition coefficient (Wildman–Crippen LogP) is 4.21. The summed E-state index contributed by atoms with van der Waals surface area (Å²) in [5, 5.41) is 15.6. The zero-order valence-electron chi connectivity index (χ0n) is 14.2. The smallest absolute Gasteiger partial charge is 0.123 e. The van der Waals surface area contributed by atoms with Gasteiger partial charge in [0.25, 0.3) is 0 Å². The van der Waals surface area contributed by atoms with Crippen molar-refractivity contribution in [1.82, 2.24) is 5.32 Å². The van der Waals surface area contributed by atoms with Crippen molar-refractivity contribution < 1.29 is 9.84 Å². The SMILES string of the molecule is Oc1cc(COC2CNCCC2c2ccccc2)cc2ccccc12. The summed E-state index contributed by atoms with van der Waals surface area (Å²) in [5.41, 5.74) is 2.35. The van der Waals surface area contributed by atoms with Crippen LogP contribution in [0.5, 0.6) is 5.75 Å². The molecule has 128 valence electrons. The van der Waals surface area contributed by atoms with E-state index in [0.29, 0.717) is 18.3 Å². The van der Waals surface area contributed by atoms with E-state index in [1.54, 1.807) is 0 Å². The van der Waals surface area contributed by atoms with Gasteiger partial charge in [-0.2, -0.15) is 0 Å². The topological polar surface area (TPSA) is 41.5 Å². The molecule has 3 heteroatoms. The Bertz CT molecular complexity index is 847. The minimum Gasteiger partial charge on any atom is -0.507 e. The second-order valence-corrected chi connectivity index (χ2v) is 6.70. The molecule has 0 aliphatic carbocycles. The summed E-state index contributed by atoms with van der Waals surface area (Å²) in [4.78, 5) is 0. The van der Waals surface area contributed by atoms with Gasteiger partial charge < -0.3 is 15.2 Å². The van der Waals surface area contributed by atoms with Gasteiger partial charge in [-0.15, -0.1) is 0 Å². The summed E-state index contributed by atoms with van der Waals surface area (Å²) in [6.07, 6.45) is 1.22. The first-order valence-electron chi connectivity index (χ1n) is 8.89.